The van der Waals surface area contributed by atoms with Crippen molar-refractivity contribution in [2.45, 2.75) is 0 Å². The highest BCUT2D eigenvalue weighted by Gasteiger charge is 2.08. The average Bonchev–Trinajstić information content (AvgIpc) is 2.38. The van der Waals surface area contributed by atoms with Gasteiger partial charge in [0.1, 0.15) is 5.75 Å². The van der Waals surface area contributed by atoms with Gasteiger partial charge in [0.15, 0.2) is 0 Å². The third-order valence-electron chi connectivity index (χ3n) is 2.35. The number of nitrogens with zero attached hydrogens (tertiary/aromatic N) is 1. The van der Waals surface area contributed by atoms with Gasteiger partial charge in [-0.2, -0.15) is 0 Å². The van der Waals surface area contributed by atoms with Crippen molar-refractivity contribution in [3.63, 3.8) is 0 Å². The minimum atomic E-state index is 0.720. The van der Waals surface area contributed by atoms with Crippen LogP contribution in [0.5, 0.6) is 5.75 Å². The van der Waals surface area contributed by atoms with Gasteiger partial charge in [-0.25, -0.2) is 0 Å². The largest absolute Gasteiger partial charge is 0.495 e. The molecule has 0 saturated carbocycles. The highest BCUT2D eigenvalue weighted by Crippen LogP contribution is 2.31. The maximum absolute atomic E-state index is 5.43. The third-order valence-corrected chi connectivity index (χ3v) is 2.35. The fourth-order valence-electron chi connectivity index (χ4n) is 1.62. The fraction of sp³-hybridized carbons (Fsp3) is 0.0714. The highest BCUT2D eigenvalue weighted by atomic mass is 16.5. The molecule has 2 nitrogen and oxygen atoms in total. The quantitative estimate of drug-likeness (QED) is 0.709. The maximum atomic E-state index is 5.43. The molecule has 0 aliphatic heterocycles. The molecule has 0 atom stereocenters. The molecule has 0 unspecified atom stereocenters. The van der Waals surface area contributed by atoms with E-state index in [2.05, 4.69) is 10.9 Å². The van der Waals surface area contributed by atoms with E-state index in [0.717, 1.165) is 22.4 Å². The summed E-state index contributed by atoms with van der Waals surface area (Å²) in [7, 11) is 1.62. The Bertz CT molecular complexity index is 526. The van der Waals surface area contributed by atoms with E-state index in [-0.39, 0.29) is 0 Å². The van der Waals surface area contributed by atoms with Crippen LogP contribution in [0, 0.1) is 12.3 Å². The van der Waals surface area contributed by atoms with Crippen molar-refractivity contribution in [3.8, 4) is 29.2 Å². The molecule has 0 saturated heterocycles. The van der Waals surface area contributed by atoms with E-state index in [1.54, 1.807) is 19.5 Å². The lowest BCUT2D eigenvalue weighted by atomic mass is 10.0. The molecule has 0 aliphatic carbocycles. The van der Waals surface area contributed by atoms with Gasteiger partial charge in [-0.15, -0.1) is 6.42 Å². The molecule has 0 amide bonds. The lowest BCUT2D eigenvalue weighted by Crippen LogP contribution is -1.91. The molecule has 2 heteroatoms. The Kier molecular flexibility index (Phi) is 2.88. The van der Waals surface area contributed by atoms with Crippen molar-refractivity contribution in [1.29, 1.82) is 0 Å². The minimum absolute atomic E-state index is 0.720. The zero-order valence-electron chi connectivity index (χ0n) is 8.97. The van der Waals surface area contributed by atoms with Crippen LogP contribution in [-0.2, 0) is 0 Å². The predicted octanol–water partition coefficient (Wildman–Crippen LogP) is 2.74. The van der Waals surface area contributed by atoms with Gasteiger partial charge >= 0.3 is 0 Å². The average molecular weight is 209 g/mol. The SMILES string of the molecule is C#Cc1cccc(-c2cccnc2)c1OC. The van der Waals surface area contributed by atoms with Crippen molar-refractivity contribution in [3.05, 3.63) is 48.3 Å². The third kappa shape index (κ3) is 1.76. The molecule has 1 aromatic carbocycles. The number of ether oxygens (including phenoxy) is 1. The second-order valence-corrected chi connectivity index (χ2v) is 3.27. The first-order chi connectivity index (χ1) is 7.86. The zero-order valence-corrected chi connectivity index (χ0v) is 8.97. The first-order valence-electron chi connectivity index (χ1n) is 4.91. The van der Waals surface area contributed by atoms with Crippen LogP contribution in [0.25, 0.3) is 11.1 Å². The standard InChI is InChI=1S/C14H11NO/c1-3-11-6-4-8-13(14(11)16-2)12-7-5-9-15-10-12/h1,4-10H,2H3. The number of hydrogen-bond acceptors (Lipinski definition) is 2. The van der Waals surface area contributed by atoms with Crippen LogP contribution < -0.4 is 4.74 Å². The van der Waals surface area contributed by atoms with Crippen molar-refractivity contribution in [2.75, 3.05) is 7.11 Å². The summed E-state index contributed by atoms with van der Waals surface area (Å²) in [5.74, 6) is 3.33. The topological polar surface area (TPSA) is 22.1 Å². The first-order valence-corrected chi connectivity index (χ1v) is 4.91. The number of benzene rings is 1. The second kappa shape index (κ2) is 4.50. The molecule has 0 fully saturated rings. The van der Waals surface area contributed by atoms with Gasteiger partial charge in [-0.3, -0.25) is 4.98 Å². The number of hydrogen-bond donors (Lipinski definition) is 0. The molecule has 16 heavy (non-hydrogen) atoms. The number of aromatic nitrogens is 1. The van der Waals surface area contributed by atoms with Gasteiger partial charge < -0.3 is 4.74 Å². The smallest absolute Gasteiger partial charge is 0.142 e. The summed E-state index contributed by atoms with van der Waals surface area (Å²) in [6, 6.07) is 9.61. The summed E-state index contributed by atoms with van der Waals surface area (Å²) < 4.78 is 5.35. The molecule has 1 heterocycles. The minimum Gasteiger partial charge on any atom is -0.495 e. The van der Waals surface area contributed by atoms with Crippen LogP contribution in [0.15, 0.2) is 42.7 Å². The van der Waals surface area contributed by atoms with E-state index in [9.17, 15) is 0 Å². The molecular weight excluding hydrogens is 198 g/mol. The fourth-order valence-corrected chi connectivity index (χ4v) is 1.62. The Hall–Kier alpha value is -2.27. The van der Waals surface area contributed by atoms with Crippen LogP contribution >= 0.6 is 0 Å². The molecule has 1 aromatic heterocycles. The Labute approximate surface area is 94.9 Å². The van der Waals surface area contributed by atoms with Crippen LogP contribution in [0.3, 0.4) is 0 Å². The summed E-state index contributed by atoms with van der Waals surface area (Å²) in [5, 5.41) is 0. The normalized spacial score (nSPS) is 9.50. The Morgan fingerprint density at radius 1 is 1.25 bits per heavy atom. The van der Waals surface area contributed by atoms with E-state index in [1.807, 2.05) is 30.3 Å². The summed E-state index contributed by atoms with van der Waals surface area (Å²) in [4.78, 5) is 4.08. The van der Waals surface area contributed by atoms with Gasteiger partial charge in [0, 0.05) is 23.5 Å². The van der Waals surface area contributed by atoms with Crippen LogP contribution in [0.4, 0.5) is 0 Å². The van der Waals surface area contributed by atoms with E-state index < -0.39 is 0 Å². The lowest BCUT2D eigenvalue weighted by Gasteiger charge is -2.10. The predicted molar refractivity (Wildman–Crippen MR) is 64.2 cm³/mol. The Balaban J connectivity index is 2.62. The molecule has 0 spiro atoms. The highest BCUT2D eigenvalue weighted by molar-refractivity contribution is 5.73. The maximum Gasteiger partial charge on any atom is 0.142 e. The van der Waals surface area contributed by atoms with E-state index in [1.165, 1.54) is 0 Å². The van der Waals surface area contributed by atoms with Gasteiger partial charge in [-0.05, 0) is 12.1 Å². The molecule has 0 N–H and O–H groups in total. The summed E-state index contributed by atoms with van der Waals surface area (Å²) in [5.41, 5.74) is 2.71. The molecule has 0 radical (unpaired) electrons. The number of pyridine rings is 1. The van der Waals surface area contributed by atoms with E-state index >= 15 is 0 Å². The molecule has 0 bridgehead atoms. The van der Waals surface area contributed by atoms with Gasteiger partial charge in [0.05, 0.1) is 12.7 Å². The van der Waals surface area contributed by atoms with Crippen molar-refractivity contribution in [1.82, 2.24) is 4.98 Å². The van der Waals surface area contributed by atoms with Crippen LogP contribution in [-0.4, -0.2) is 12.1 Å². The monoisotopic (exact) mass is 209 g/mol. The van der Waals surface area contributed by atoms with Gasteiger partial charge in [0.2, 0.25) is 0 Å². The molecular formula is C14H11NO. The molecule has 0 aliphatic rings. The van der Waals surface area contributed by atoms with Crippen LogP contribution in [0.2, 0.25) is 0 Å². The lowest BCUT2D eigenvalue weighted by molar-refractivity contribution is 0.415. The Morgan fingerprint density at radius 2 is 2.12 bits per heavy atom. The van der Waals surface area contributed by atoms with Gasteiger partial charge in [0.25, 0.3) is 0 Å². The van der Waals surface area contributed by atoms with Crippen molar-refractivity contribution >= 4 is 0 Å². The number of terminal acetylenes is 1. The summed E-state index contributed by atoms with van der Waals surface area (Å²) in [6.07, 6.45) is 8.95. The van der Waals surface area contributed by atoms with Gasteiger partial charge in [-0.1, -0.05) is 24.1 Å². The van der Waals surface area contributed by atoms with Crippen molar-refractivity contribution < 1.29 is 4.74 Å². The number of rotatable bonds is 2. The Morgan fingerprint density at radius 3 is 2.75 bits per heavy atom. The molecule has 2 rings (SSSR count). The second-order valence-electron chi connectivity index (χ2n) is 3.27. The molecule has 78 valence electrons. The number of methoxy groups -OCH3 is 1. The van der Waals surface area contributed by atoms with Crippen molar-refractivity contribution in [2.24, 2.45) is 0 Å². The van der Waals surface area contributed by atoms with E-state index in [4.69, 9.17) is 11.2 Å². The number of para-hydroxylation sites is 1. The summed E-state index contributed by atoms with van der Waals surface area (Å²) >= 11 is 0. The molecule has 2 aromatic rings. The summed E-state index contributed by atoms with van der Waals surface area (Å²) in [6.45, 7) is 0. The van der Waals surface area contributed by atoms with E-state index in [0.29, 0.717) is 0 Å². The first kappa shape index (κ1) is 10.3. The van der Waals surface area contributed by atoms with Crippen LogP contribution in [0.1, 0.15) is 5.56 Å². The zero-order chi connectivity index (χ0) is 11.4.